The number of nitrogens with zero attached hydrogens (tertiary/aromatic N) is 4. The van der Waals surface area contributed by atoms with Gasteiger partial charge in [0.1, 0.15) is 0 Å². The summed E-state index contributed by atoms with van der Waals surface area (Å²) in [6, 6.07) is 14.3. The van der Waals surface area contributed by atoms with Crippen molar-refractivity contribution in [3.05, 3.63) is 64.4 Å². The van der Waals surface area contributed by atoms with Crippen LogP contribution in [0.4, 0.5) is 11.4 Å². The monoisotopic (exact) mass is 475 g/mol. The molecule has 1 N–H and O–H groups in total. The summed E-state index contributed by atoms with van der Waals surface area (Å²) in [5, 5.41) is 10.9. The molecule has 0 unspecified atom stereocenters. The topological polar surface area (TPSA) is 97.2 Å². The van der Waals surface area contributed by atoms with Gasteiger partial charge in [0.05, 0.1) is 22.8 Å². The highest BCUT2D eigenvalue weighted by molar-refractivity contribution is 9.10. The molecule has 3 aromatic rings. The van der Waals surface area contributed by atoms with Gasteiger partial charge in [0.15, 0.2) is 5.69 Å². The van der Waals surface area contributed by atoms with Crippen molar-refractivity contribution in [3.63, 3.8) is 0 Å². The van der Waals surface area contributed by atoms with Gasteiger partial charge >= 0.3 is 0 Å². The third kappa shape index (κ3) is 3.90. The van der Waals surface area contributed by atoms with E-state index in [2.05, 4.69) is 31.6 Å². The van der Waals surface area contributed by atoms with Crippen molar-refractivity contribution in [3.8, 4) is 5.69 Å². The lowest BCUT2D eigenvalue weighted by atomic mass is 10.2. The number of halogens is 1. The van der Waals surface area contributed by atoms with Crippen LogP contribution in [0.3, 0.4) is 0 Å². The molecule has 150 valence electrons. The van der Waals surface area contributed by atoms with E-state index in [9.17, 15) is 13.2 Å². The van der Waals surface area contributed by atoms with Crippen LogP contribution in [0.15, 0.2) is 53.0 Å². The van der Waals surface area contributed by atoms with E-state index in [1.165, 1.54) is 4.31 Å². The van der Waals surface area contributed by atoms with Gasteiger partial charge in [0.2, 0.25) is 10.0 Å². The van der Waals surface area contributed by atoms with E-state index in [4.69, 9.17) is 0 Å². The van der Waals surface area contributed by atoms with Gasteiger partial charge in [-0.15, -0.1) is 5.10 Å². The number of benzene rings is 2. The maximum atomic E-state index is 12.7. The normalized spacial score (nSPS) is 15.4. The van der Waals surface area contributed by atoms with Crippen LogP contribution in [0.5, 0.6) is 0 Å². The molecule has 0 bridgehead atoms. The van der Waals surface area contributed by atoms with Crippen molar-refractivity contribution in [1.82, 2.24) is 15.0 Å². The van der Waals surface area contributed by atoms with Crippen LogP contribution in [-0.4, -0.2) is 41.6 Å². The predicted octanol–water partition coefficient (Wildman–Crippen LogP) is 3.13. The number of rotatable bonds is 4. The Morgan fingerprint density at radius 2 is 1.90 bits per heavy atom. The maximum absolute atomic E-state index is 12.7. The third-order valence-electron chi connectivity index (χ3n) is 4.65. The Bertz CT molecular complexity index is 1190. The van der Waals surface area contributed by atoms with Crippen molar-refractivity contribution in [2.75, 3.05) is 21.9 Å². The van der Waals surface area contributed by atoms with Gasteiger partial charge < -0.3 is 5.32 Å². The number of hydrogen-bond donors (Lipinski definition) is 1. The molecule has 1 aromatic heterocycles. The number of hydrogen-bond acceptors (Lipinski definition) is 5. The maximum Gasteiger partial charge on any atom is 0.278 e. The van der Waals surface area contributed by atoms with Gasteiger partial charge in [-0.25, -0.2) is 13.1 Å². The largest absolute Gasteiger partial charge is 0.320 e. The zero-order chi connectivity index (χ0) is 20.6. The quantitative estimate of drug-likeness (QED) is 0.624. The second kappa shape index (κ2) is 7.60. The Kier molecular flexibility index (Phi) is 5.13. The van der Waals surface area contributed by atoms with Crippen LogP contribution in [0.25, 0.3) is 5.69 Å². The summed E-state index contributed by atoms with van der Waals surface area (Å²) in [6.07, 6.45) is 0.594. The summed E-state index contributed by atoms with van der Waals surface area (Å²) in [5.41, 5.74) is 2.61. The van der Waals surface area contributed by atoms with E-state index >= 15 is 0 Å². The van der Waals surface area contributed by atoms with Crippen molar-refractivity contribution >= 4 is 43.2 Å². The summed E-state index contributed by atoms with van der Waals surface area (Å²) in [7, 11) is -3.28. The molecule has 1 aliphatic rings. The van der Waals surface area contributed by atoms with Gasteiger partial charge in [-0.05, 0) is 49.7 Å². The Labute approximate surface area is 176 Å². The lowest BCUT2D eigenvalue weighted by molar-refractivity contribution is 0.102. The molecule has 1 amide bonds. The van der Waals surface area contributed by atoms with Gasteiger partial charge in [-0.1, -0.05) is 33.3 Å². The minimum absolute atomic E-state index is 0.140. The average molecular weight is 476 g/mol. The molecule has 0 aliphatic carbocycles. The van der Waals surface area contributed by atoms with E-state index in [0.29, 0.717) is 30.0 Å². The molecule has 0 saturated carbocycles. The molecular formula is C19H18BrN5O3S. The second-order valence-electron chi connectivity index (χ2n) is 6.66. The lowest BCUT2D eigenvalue weighted by Gasteiger charge is -2.17. The first-order valence-corrected chi connectivity index (χ1v) is 11.4. The molecule has 1 saturated heterocycles. The Balaban J connectivity index is 1.57. The van der Waals surface area contributed by atoms with Gasteiger partial charge in [-0.3, -0.25) is 9.10 Å². The standard InChI is InChI=1S/C19H18BrN5O3S/c1-13-18(22-23-25(13)17-8-2-5-14(20)11-17)19(26)21-15-6-3-7-16(12-15)24-9-4-10-29(24,27)28/h2-3,5-8,11-12H,4,9-10H2,1H3,(H,21,26). The first-order valence-electron chi connectivity index (χ1n) is 8.95. The van der Waals surface area contributed by atoms with Crippen LogP contribution in [-0.2, 0) is 10.0 Å². The molecule has 1 aliphatic heterocycles. The van der Waals surface area contributed by atoms with Crippen LogP contribution >= 0.6 is 15.9 Å². The van der Waals surface area contributed by atoms with E-state index < -0.39 is 15.9 Å². The molecule has 2 heterocycles. The van der Waals surface area contributed by atoms with Crippen LogP contribution in [0.1, 0.15) is 22.6 Å². The first-order chi connectivity index (χ1) is 13.8. The fourth-order valence-electron chi connectivity index (χ4n) is 3.25. The smallest absolute Gasteiger partial charge is 0.278 e. The number of anilines is 2. The van der Waals surface area contributed by atoms with Crippen LogP contribution < -0.4 is 9.62 Å². The molecule has 0 spiro atoms. The molecule has 0 radical (unpaired) electrons. The molecule has 0 atom stereocenters. The number of carbonyl (C=O) groups excluding carboxylic acids is 1. The highest BCUT2D eigenvalue weighted by Gasteiger charge is 2.28. The molecule has 29 heavy (non-hydrogen) atoms. The van der Waals surface area contributed by atoms with Crippen molar-refractivity contribution in [2.45, 2.75) is 13.3 Å². The highest BCUT2D eigenvalue weighted by Crippen LogP contribution is 2.26. The van der Waals surface area contributed by atoms with Crippen LogP contribution in [0.2, 0.25) is 0 Å². The Hall–Kier alpha value is -2.72. The van der Waals surface area contributed by atoms with Crippen molar-refractivity contribution in [2.24, 2.45) is 0 Å². The van der Waals surface area contributed by atoms with Gasteiger partial charge in [-0.2, -0.15) is 0 Å². The Morgan fingerprint density at radius 3 is 2.62 bits per heavy atom. The zero-order valence-electron chi connectivity index (χ0n) is 15.5. The number of nitrogens with one attached hydrogen (secondary N) is 1. The summed E-state index contributed by atoms with van der Waals surface area (Å²) in [6.45, 7) is 2.21. The minimum Gasteiger partial charge on any atom is -0.320 e. The first kappa shape index (κ1) is 19.6. The summed E-state index contributed by atoms with van der Waals surface area (Å²) >= 11 is 3.42. The molecule has 1 fully saturated rings. The minimum atomic E-state index is -3.28. The summed E-state index contributed by atoms with van der Waals surface area (Å²) in [5.74, 6) is -0.272. The Morgan fingerprint density at radius 1 is 1.14 bits per heavy atom. The number of carbonyl (C=O) groups is 1. The van der Waals surface area contributed by atoms with E-state index in [1.807, 2.05) is 24.3 Å². The lowest BCUT2D eigenvalue weighted by Crippen LogP contribution is -2.25. The molecule has 8 nitrogen and oxygen atoms in total. The number of sulfonamides is 1. The van der Waals surface area contributed by atoms with Crippen LogP contribution in [0, 0.1) is 6.92 Å². The molecular weight excluding hydrogens is 458 g/mol. The van der Waals surface area contributed by atoms with Crippen molar-refractivity contribution in [1.29, 1.82) is 0 Å². The van der Waals surface area contributed by atoms with E-state index in [-0.39, 0.29) is 11.4 Å². The summed E-state index contributed by atoms with van der Waals surface area (Å²) < 4.78 is 28.1. The molecule has 2 aromatic carbocycles. The number of aromatic nitrogens is 3. The van der Waals surface area contributed by atoms with E-state index in [1.54, 1.807) is 35.9 Å². The van der Waals surface area contributed by atoms with E-state index in [0.717, 1.165) is 10.2 Å². The van der Waals surface area contributed by atoms with Gasteiger partial charge in [0, 0.05) is 16.7 Å². The third-order valence-corrected chi connectivity index (χ3v) is 7.02. The van der Waals surface area contributed by atoms with Gasteiger partial charge in [0.25, 0.3) is 5.91 Å². The highest BCUT2D eigenvalue weighted by atomic mass is 79.9. The fraction of sp³-hybridized carbons (Fsp3) is 0.211. The predicted molar refractivity (Wildman–Crippen MR) is 114 cm³/mol. The SMILES string of the molecule is Cc1c(C(=O)Nc2cccc(N3CCCS3(=O)=O)c2)nnn1-c1cccc(Br)c1. The molecule has 10 heteroatoms. The number of amides is 1. The fourth-order valence-corrected chi connectivity index (χ4v) is 5.19. The average Bonchev–Trinajstić information content (AvgIpc) is 3.23. The summed E-state index contributed by atoms with van der Waals surface area (Å²) in [4.78, 5) is 12.7. The van der Waals surface area contributed by atoms with Crippen molar-refractivity contribution < 1.29 is 13.2 Å². The zero-order valence-corrected chi connectivity index (χ0v) is 17.9. The second-order valence-corrected chi connectivity index (χ2v) is 9.59. The molecule has 4 rings (SSSR count).